The van der Waals surface area contributed by atoms with Crippen LogP contribution in [0.4, 0.5) is 31.0 Å². The predicted molar refractivity (Wildman–Crippen MR) is 132 cm³/mol. The first kappa shape index (κ1) is 25.6. The first-order chi connectivity index (χ1) is 18.0. The summed E-state index contributed by atoms with van der Waals surface area (Å²) in [7, 11) is 0. The molecular formula is C24H28F2N8O4. The van der Waals surface area contributed by atoms with E-state index in [9.17, 15) is 13.6 Å². The van der Waals surface area contributed by atoms with Crippen molar-refractivity contribution in [3.05, 3.63) is 36.5 Å². The van der Waals surface area contributed by atoms with Crippen LogP contribution in [0.25, 0.3) is 11.1 Å². The monoisotopic (exact) mass is 530 g/mol. The Bertz CT molecular complexity index is 1320. The topological polar surface area (TPSA) is 143 Å². The van der Waals surface area contributed by atoms with Crippen LogP contribution >= 0.6 is 0 Å². The number of carbonyl (C=O) groups excluding carboxylic acids is 1. The summed E-state index contributed by atoms with van der Waals surface area (Å²) in [6.45, 7) is 7.37. The largest absolute Gasteiger partial charge is 0.485 e. The van der Waals surface area contributed by atoms with Gasteiger partial charge in [-0.2, -0.15) is 5.10 Å². The minimum atomic E-state index is -2.87. The van der Waals surface area contributed by atoms with E-state index in [1.165, 1.54) is 6.07 Å². The zero-order valence-corrected chi connectivity index (χ0v) is 21.1. The lowest BCUT2D eigenvalue weighted by Crippen LogP contribution is -2.52. The highest BCUT2D eigenvalue weighted by Gasteiger charge is 2.35. The SMILES string of the molecule is CC(C)(C)OC(=O)N1CC(n2cc(-c3cnc(Nc4cc(N)nc(C(F)F)n4)cc3OC3COC3)cn2)C1. The number of ether oxygens (including phenoxy) is 3. The molecule has 2 aliphatic rings. The molecule has 202 valence electrons. The minimum absolute atomic E-state index is 0.0156. The molecule has 38 heavy (non-hydrogen) atoms. The highest BCUT2D eigenvalue weighted by Crippen LogP contribution is 2.35. The number of rotatable bonds is 7. The van der Waals surface area contributed by atoms with Crippen molar-refractivity contribution in [1.82, 2.24) is 29.6 Å². The number of amides is 1. The standard InChI is InChI=1S/C24H28F2N8O4/c1-24(2,3)38-23(35)33-9-14(10-33)34-8-13(6-29-34)16-7-28-19(4-17(16)37-15-11-36-12-15)31-20-5-18(27)30-22(32-20)21(25)26/h4-8,14-15,21H,9-12H2,1-3H3,(H3,27,28,30,31,32). The van der Waals surface area contributed by atoms with Crippen LogP contribution in [0, 0.1) is 0 Å². The molecule has 3 N–H and O–H groups in total. The summed E-state index contributed by atoms with van der Waals surface area (Å²) in [6, 6.07) is 3.01. The number of aromatic nitrogens is 5. The number of anilines is 3. The van der Waals surface area contributed by atoms with Crippen molar-refractivity contribution in [3.8, 4) is 16.9 Å². The van der Waals surface area contributed by atoms with Crippen LogP contribution < -0.4 is 15.8 Å². The average molecular weight is 531 g/mol. The smallest absolute Gasteiger partial charge is 0.410 e. The van der Waals surface area contributed by atoms with Gasteiger partial charge in [-0.05, 0) is 20.8 Å². The number of likely N-dealkylation sites (tertiary alicyclic amines) is 1. The molecule has 2 saturated heterocycles. The summed E-state index contributed by atoms with van der Waals surface area (Å²) in [5.74, 6) is 0.141. The Hall–Kier alpha value is -4.07. The molecule has 14 heteroatoms. The number of hydrogen-bond donors (Lipinski definition) is 2. The van der Waals surface area contributed by atoms with E-state index in [0.29, 0.717) is 43.4 Å². The Morgan fingerprint density at radius 2 is 1.95 bits per heavy atom. The number of alkyl halides is 2. The maximum absolute atomic E-state index is 13.1. The molecule has 0 atom stereocenters. The molecule has 3 aromatic rings. The summed E-state index contributed by atoms with van der Waals surface area (Å²) in [5.41, 5.74) is 6.55. The van der Waals surface area contributed by atoms with Gasteiger partial charge < -0.3 is 30.2 Å². The van der Waals surface area contributed by atoms with E-state index in [2.05, 4.69) is 25.4 Å². The minimum Gasteiger partial charge on any atom is -0.485 e. The molecule has 0 spiro atoms. The van der Waals surface area contributed by atoms with Gasteiger partial charge in [0, 0.05) is 48.7 Å². The Kier molecular flexibility index (Phi) is 6.73. The molecule has 0 aromatic carbocycles. The van der Waals surface area contributed by atoms with Gasteiger partial charge in [-0.25, -0.2) is 28.5 Å². The number of pyridine rings is 1. The fourth-order valence-electron chi connectivity index (χ4n) is 3.83. The Morgan fingerprint density at radius 3 is 2.61 bits per heavy atom. The molecule has 0 saturated carbocycles. The van der Waals surface area contributed by atoms with Gasteiger partial charge >= 0.3 is 6.09 Å². The summed E-state index contributed by atoms with van der Waals surface area (Å²) in [4.78, 5) is 25.6. The normalized spacial score (nSPS) is 16.2. The van der Waals surface area contributed by atoms with Gasteiger partial charge in [0.25, 0.3) is 6.43 Å². The highest BCUT2D eigenvalue weighted by molar-refractivity contribution is 5.72. The molecule has 0 radical (unpaired) electrons. The predicted octanol–water partition coefficient (Wildman–Crippen LogP) is 3.57. The number of carbonyl (C=O) groups is 1. The summed E-state index contributed by atoms with van der Waals surface area (Å²) in [5, 5.41) is 7.36. The van der Waals surface area contributed by atoms with Crippen molar-refractivity contribution in [1.29, 1.82) is 0 Å². The van der Waals surface area contributed by atoms with E-state index in [1.54, 1.807) is 28.0 Å². The fourth-order valence-corrected chi connectivity index (χ4v) is 3.83. The van der Waals surface area contributed by atoms with Crippen LogP contribution in [-0.2, 0) is 9.47 Å². The number of hydrogen-bond acceptors (Lipinski definition) is 10. The van der Waals surface area contributed by atoms with Crippen LogP contribution in [0.5, 0.6) is 5.75 Å². The van der Waals surface area contributed by atoms with Crippen molar-refractivity contribution in [3.63, 3.8) is 0 Å². The molecule has 0 aliphatic carbocycles. The second-order valence-electron chi connectivity index (χ2n) is 10.1. The van der Waals surface area contributed by atoms with E-state index in [4.69, 9.17) is 19.9 Å². The highest BCUT2D eigenvalue weighted by atomic mass is 19.3. The van der Waals surface area contributed by atoms with E-state index in [0.717, 1.165) is 5.56 Å². The van der Waals surface area contributed by atoms with Crippen molar-refractivity contribution in [2.75, 3.05) is 37.4 Å². The maximum Gasteiger partial charge on any atom is 0.410 e. The van der Waals surface area contributed by atoms with Crippen molar-refractivity contribution in [2.24, 2.45) is 0 Å². The number of nitrogens with zero attached hydrogens (tertiary/aromatic N) is 6. The maximum atomic E-state index is 13.1. The molecule has 0 unspecified atom stereocenters. The lowest BCUT2D eigenvalue weighted by atomic mass is 10.1. The Balaban J connectivity index is 1.33. The number of nitrogen functional groups attached to an aromatic ring is 1. The number of nitrogens with one attached hydrogen (secondary N) is 1. The van der Waals surface area contributed by atoms with Gasteiger partial charge in [-0.3, -0.25) is 4.68 Å². The van der Waals surface area contributed by atoms with Crippen LogP contribution in [0.3, 0.4) is 0 Å². The molecule has 2 aliphatic heterocycles. The van der Waals surface area contributed by atoms with E-state index in [1.807, 2.05) is 27.0 Å². The second-order valence-corrected chi connectivity index (χ2v) is 10.1. The third kappa shape index (κ3) is 5.74. The molecular weight excluding hydrogens is 502 g/mol. The number of halogens is 2. The molecule has 5 rings (SSSR count). The Labute approximate surface area is 217 Å². The average Bonchev–Trinajstić information content (AvgIpc) is 3.23. The van der Waals surface area contributed by atoms with E-state index >= 15 is 0 Å². The van der Waals surface area contributed by atoms with Crippen LogP contribution in [0.2, 0.25) is 0 Å². The quantitative estimate of drug-likeness (QED) is 0.465. The molecule has 5 heterocycles. The third-order valence-electron chi connectivity index (χ3n) is 5.78. The molecule has 1 amide bonds. The van der Waals surface area contributed by atoms with Crippen LogP contribution in [0.15, 0.2) is 30.7 Å². The van der Waals surface area contributed by atoms with Crippen LogP contribution in [0.1, 0.15) is 39.1 Å². The zero-order valence-electron chi connectivity index (χ0n) is 21.1. The first-order valence-corrected chi connectivity index (χ1v) is 12.0. The van der Waals surface area contributed by atoms with E-state index < -0.39 is 17.9 Å². The molecule has 3 aromatic heterocycles. The van der Waals surface area contributed by atoms with Crippen molar-refractivity contribution in [2.45, 2.75) is 44.9 Å². The van der Waals surface area contributed by atoms with Crippen molar-refractivity contribution >= 4 is 23.5 Å². The van der Waals surface area contributed by atoms with E-state index in [-0.39, 0.29) is 29.9 Å². The fraction of sp³-hybridized carbons (Fsp3) is 0.458. The molecule has 0 bridgehead atoms. The van der Waals surface area contributed by atoms with Gasteiger partial charge in [0.15, 0.2) is 5.82 Å². The van der Waals surface area contributed by atoms with Gasteiger partial charge in [0.1, 0.15) is 34.9 Å². The molecule has 2 fully saturated rings. The van der Waals surface area contributed by atoms with Gasteiger partial charge in [-0.15, -0.1) is 0 Å². The van der Waals surface area contributed by atoms with Gasteiger partial charge in [-0.1, -0.05) is 0 Å². The summed E-state index contributed by atoms with van der Waals surface area (Å²) < 4.78 is 44.7. The second kappa shape index (κ2) is 10.0. The van der Waals surface area contributed by atoms with Crippen LogP contribution in [-0.4, -0.2) is 73.7 Å². The zero-order chi connectivity index (χ0) is 27.0. The summed E-state index contributed by atoms with van der Waals surface area (Å²) in [6.07, 6.45) is 1.82. The number of nitrogens with two attached hydrogens (primary N) is 1. The van der Waals surface area contributed by atoms with Crippen molar-refractivity contribution < 1.29 is 27.8 Å². The summed E-state index contributed by atoms with van der Waals surface area (Å²) >= 11 is 0. The van der Waals surface area contributed by atoms with Gasteiger partial charge in [0.05, 0.1) is 25.5 Å². The lowest BCUT2D eigenvalue weighted by molar-refractivity contribution is -0.0794. The lowest BCUT2D eigenvalue weighted by Gasteiger charge is -2.39. The third-order valence-corrected chi connectivity index (χ3v) is 5.78. The first-order valence-electron chi connectivity index (χ1n) is 12.0. The Morgan fingerprint density at radius 1 is 1.18 bits per heavy atom. The van der Waals surface area contributed by atoms with Gasteiger partial charge in [0.2, 0.25) is 0 Å². The molecule has 12 nitrogen and oxygen atoms in total.